The molecule has 17 heavy (non-hydrogen) atoms. The topological polar surface area (TPSA) is 12.0 Å². The quantitative estimate of drug-likeness (QED) is 0.889. The van der Waals surface area contributed by atoms with E-state index in [-0.39, 0.29) is 0 Å². The van der Waals surface area contributed by atoms with Crippen molar-refractivity contribution in [3.05, 3.63) is 21.4 Å². The molecule has 1 aliphatic carbocycles. The normalized spacial score (nSPS) is 22.6. The minimum Gasteiger partial charge on any atom is -0.312 e. The zero-order valence-corrected chi connectivity index (χ0v) is 12.1. The number of fused-ring (bicyclic) bond motifs is 1. The first-order valence-electron chi connectivity index (χ1n) is 6.75. The molecule has 1 N–H and O–H groups in total. The molecule has 0 radical (unpaired) electrons. The third-order valence-corrected chi connectivity index (χ3v) is 6.46. The molecule has 1 saturated carbocycles. The highest BCUT2D eigenvalue weighted by Crippen LogP contribution is 2.41. The Hall–Kier alpha value is 0.01000. The van der Waals surface area contributed by atoms with Crippen molar-refractivity contribution in [2.24, 2.45) is 5.92 Å². The van der Waals surface area contributed by atoms with Gasteiger partial charge < -0.3 is 5.32 Å². The highest BCUT2D eigenvalue weighted by Gasteiger charge is 2.27. The van der Waals surface area contributed by atoms with Gasteiger partial charge in [0.25, 0.3) is 0 Å². The number of nitrogens with one attached hydrogen (secondary N) is 1. The Morgan fingerprint density at radius 1 is 1.35 bits per heavy atom. The van der Waals surface area contributed by atoms with E-state index in [1.165, 1.54) is 43.6 Å². The van der Waals surface area contributed by atoms with E-state index < -0.39 is 0 Å². The molecule has 0 spiro atoms. The van der Waals surface area contributed by atoms with Crippen LogP contribution >= 0.6 is 23.1 Å². The Morgan fingerprint density at radius 3 is 2.88 bits per heavy atom. The molecule has 3 heteroatoms. The first-order valence-corrected chi connectivity index (χ1v) is 8.72. The lowest BCUT2D eigenvalue weighted by Crippen LogP contribution is -2.22. The molecule has 2 aliphatic rings. The maximum Gasteiger partial charge on any atom is 0.0441 e. The predicted octanol–water partition coefficient (Wildman–Crippen LogP) is 3.99. The number of thioether (sulfide) groups is 1. The van der Waals surface area contributed by atoms with Gasteiger partial charge in [-0.2, -0.15) is 11.8 Å². The first kappa shape index (κ1) is 12.1. The van der Waals surface area contributed by atoms with Crippen LogP contribution < -0.4 is 5.32 Å². The third kappa shape index (κ3) is 2.42. The largest absolute Gasteiger partial charge is 0.312 e. The van der Waals surface area contributed by atoms with E-state index in [0.29, 0.717) is 6.04 Å². The van der Waals surface area contributed by atoms with E-state index in [9.17, 15) is 0 Å². The van der Waals surface area contributed by atoms with E-state index in [4.69, 9.17) is 0 Å². The van der Waals surface area contributed by atoms with Gasteiger partial charge in [0.05, 0.1) is 0 Å². The van der Waals surface area contributed by atoms with Gasteiger partial charge in [-0.05, 0) is 49.6 Å². The second-order valence-corrected chi connectivity index (χ2v) is 7.48. The van der Waals surface area contributed by atoms with Gasteiger partial charge >= 0.3 is 0 Å². The Balaban J connectivity index is 1.83. The van der Waals surface area contributed by atoms with Gasteiger partial charge in [-0.15, -0.1) is 11.3 Å². The summed E-state index contributed by atoms with van der Waals surface area (Å²) in [6.45, 7) is 0. The summed E-state index contributed by atoms with van der Waals surface area (Å²) in [7, 11) is 2.14. The Morgan fingerprint density at radius 2 is 2.18 bits per heavy atom. The Kier molecular flexibility index (Phi) is 3.78. The highest BCUT2D eigenvalue weighted by molar-refractivity contribution is 7.98. The zero-order chi connectivity index (χ0) is 11.7. The van der Waals surface area contributed by atoms with Crippen LogP contribution in [0.4, 0.5) is 0 Å². The van der Waals surface area contributed by atoms with Crippen LogP contribution in [0, 0.1) is 5.92 Å². The Labute approximate surface area is 112 Å². The van der Waals surface area contributed by atoms with Gasteiger partial charge in [-0.3, -0.25) is 0 Å². The predicted molar refractivity (Wildman–Crippen MR) is 77.9 cm³/mol. The summed E-state index contributed by atoms with van der Waals surface area (Å²) in [6.07, 6.45) is 7.00. The second kappa shape index (κ2) is 5.33. The molecule has 0 saturated heterocycles. The summed E-state index contributed by atoms with van der Waals surface area (Å²) in [4.78, 5) is 3.27. The highest BCUT2D eigenvalue weighted by atomic mass is 32.2. The summed E-state index contributed by atoms with van der Waals surface area (Å²) in [5.41, 5.74) is 1.62. The summed E-state index contributed by atoms with van der Waals surface area (Å²) < 4.78 is 0. The number of thiophene rings is 1. The van der Waals surface area contributed by atoms with Crippen molar-refractivity contribution in [2.75, 3.05) is 12.8 Å². The number of aryl methyl sites for hydroxylation is 1. The summed E-state index contributed by atoms with van der Waals surface area (Å²) >= 11 is 4.17. The fraction of sp³-hybridized carbons (Fsp3) is 0.714. The minimum atomic E-state index is 0.623. The van der Waals surface area contributed by atoms with Crippen molar-refractivity contribution in [2.45, 2.75) is 43.9 Å². The minimum absolute atomic E-state index is 0.623. The van der Waals surface area contributed by atoms with Crippen LogP contribution in [0.1, 0.15) is 47.0 Å². The van der Waals surface area contributed by atoms with E-state index in [1.807, 2.05) is 0 Å². The van der Waals surface area contributed by atoms with Crippen LogP contribution in [0.5, 0.6) is 0 Å². The third-order valence-electron chi connectivity index (χ3n) is 4.14. The monoisotopic (exact) mass is 267 g/mol. The summed E-state index contributed by atoms with van der Waals surface area (Å²) in [5.74, 6) is 3.45. The van der Waals surface area contributed by atoms with Crippen molar-refractivity contribution in [3.8, 4) is 0 Å². The van der Waals surface area contributed by atoms with Gasteiger partial charge in [0, 0.05) is 21.5 Å². The van der Waals surface area contributed by atoms with Gasteiger partial charge in [0.15, 0.2) is 0 Å². The van der Waals surface area contributed by atoms with Gasteiger partial charge in [-0.25, -0.2) is 0 Å². The van der Waals surface area contributed by atoms with Crippen LogP contribution in [0.15, 0.2) is 6.07 Å². The summed E-state index contributed by atoms with van der Waals surface area (Å²) in [5, 5.41) is 3.57. The maximum atomic E-state index is 3.57. The lowest BCUT2D eigenvalue weighted by molar-refractivity contribution is 0.395. The molecule has 0 bridgehead atoms. The SMILES string of the molecule is CNC(c1cc2c(s1)CCSC2)C1CCCC1. The van der Waals surface area contributed by atoms with Crippen LogP contribution in [0.25, 0.3) is 0 Å². The van der Waals surface area contributed by atoms with Crippen molar-refractivity contribution in [1.82, 2.24) is 5.32 Å². The number of hydrogen-bond acceptors (Lipinski definition) is 3. The number of hydrogen-bond donors (Lipinski definition) is 1. The van der Waals surface area contributed by atoms with Gasteiger partial charge in [-0.1, -0.05) is 12.8 Å². The lowest BCUT2D eigenvalue weighted by atomic mass is 9.96. The molecule has 94 valence electrons. The fourth-order valence-corrected chi connectivity index (χ4v) is 5.80. The van der Waals surface area contributed by atoms with Crippen LogP contribution in [-0.2, 0) is 12.2 Å². The fourth-order valence-electron chi connectivity index (χ4n) is 3.22. The van der Waals surface area contributed by atoms with Crippen LogP contribution in [0.2, 0.25) is 0 Å². The Bertz CT molecular complexity index is 356. The molecule has 1 aromatic heterocycles. The van der Waals surface area contributed by atoms with Gasteiger partial charge in [0.1, 0.15) is 0 Å². The average molecular weight is 267 g/mol. The van der Waals surface area contributed by atoms with Crippen molar-refractivity contribution < 1.29 is 0 Å². The van der Waals surface area contributed by atoms with Crippen LogP contribution in [-0.4, -0.2) is 12.8 Å². The average Bonchev–Trinajstić information content (AvgIpc) is 2.98. The van der Waals surface area contributed by atoms with E-state index >= 15 is 0 Å². The molecular weight excluding hydrogens is 246 g/mol. The second-order valence-electron chi connectivity index (χ2n) is 5.21. The summed E-state index contributed by atoms with van der Waals surface area (Å²) in [6, 6.07) is 3.11. The molecule has 2 heterocycles. The molecule has 1 aromatic rings. The molecule has 1 atom stereocenters. The maximum absolute atomic E-state index is 3.57. The lowest BCUT2D eigenvalue weighted by Gasteiger charge is -2.21. The first-order chi connectivity index (χ1) is 8.38. The molecule has 1 nitrogen and oxygen atoms in total. The van der Waals surface area contributed by atoms with E-state index in [0.717, 1.165) is 5.92 Å². The van der Waals surface area contributed by atoms with Gasteiger partial charge in [0.2, 0.25) is 0 Å². The van der Waals surface area contributed by atoms with Crippen LogP contribution in [0.3, 0.4) is 0 Å². The number of rotatable bonds is 3. The van der Waals surface area contributed by atoms with Crippen molar-refractivity contribution in [3.63, 3.8) is 0 Å². The molecule has 0 amide bonds. The smallest absolute Gasteiger partial charge is 0.0441 e. The molecule has 0 aromatic carbocycles. The molecular formula is C14H21NS2. The molecule has 1 aliphatic heterocycles. The molecule has 1 fully saturated rings. The standard InChI is InChI=1S/C14H21NS2/c1-15-14(10-4-2-3-5-10)13-8-11-9-16-7-6-12(11)17-13/h8,10,14-15H,2-7,9H2,1H3. The van der Waals surface area contributed by atoms with E-state index in [2.05, 4.69) is 41.5 Å². The van der Waals surface area contributed by atoms with E-state index in [1.54, 1.807) is 15.3 Å². The molecule has 3 rings (SSSR count). The van der Waals surface area contributed by atoms with Crippen molar-refractivity contribution in [1.29, 1.82) is 0 Å². The van der Waals surface area contributed by atoms with Crippen molar-refractivity contribution >= 4 is 23.1 Å². The zero-order valence-electron chi connectivity index (χ0n) is 10.5. The molecule has 1 unspecified atom stereocenters.